The molecular weight excluding hydrogens is 322 g/mol. The fourth-order valence-electron chi connectivity index (χ4n) is 2.73. The third-order valence-corrected chi connectivity index (χ3v) is 5.05. The zero-order chi connectivity index (χ0) is 16.8. The number of benzene rings is 1. The van der Waals surface area contributed by atoms with E-state index in [4.69, 9.17) is 4.74 Å². The number of hydrogen-bond acceptors (Lipinski definition) is 5. The number of ether oxygens (including phenoxy) is 1. The molecule has 1 fully saturated rings. The highest BCUT2D eigenvalue weighted by molar-refractivity contribution is 7.15. The molecule has 5 nitrogen and oxygen atoms in total. The standard InChI is InChI=1S/C18H21N3O2S/c1-2-11-23-15-6-4-3-5-14(15)17(22)21-18-20-12-16(24-18)13-7-9-19-10-8-13/h2-6,12-13,19H,1,7-11H2,(H,20,21,22). The summed E-state index contributed by atoms with van der Waals surface area (Å²) < 4.78 is 5.54. The van der Waals surface area contributed by atoms with Crippen LogP contribution in [0.4, 0.5) is 5.13 Å². The summed E-state index contributed by atoms with van der Waals surface area (Å²) in [4.78, 5) is 18.1. The Morgan fingerprint density at radius 2 is 2.21 bits per heavy atom. The van der Waals surface area contributed by atoms with Crippen molar-refractivity contribution in [2.45, 2.75) is 18.8 Å². The molecule has 1 aliphatic heterocycles. The molecule has 0 aliphatic carbocycles. The molecule has 2 heterocycles. The maximum atomic E-state index is 12.5. The van der Waals surface area contributed by atoms with Crippen LogP contribution in [0.3, 0.4) is 0 Å². The lowest BCUT2D eigenvalue weighted by Gasteiger charge is -2.20. The lowest BCUT2D eigenvalue weighted by Crippen LogP contribution is -2.26. The molecule has 0 radical (unpaired) electrons. The van der Waals surface area contributed by atoms with Crippen LogP contribution in [0.15, 0.2) is 43.1 Å². The normalized spacial score (nSPS) is 15.0. The van der Waals surface area contributed by atoms with Gasteiger partial charge in [-0.3, -0.25) is 10.1 Å². The first kappa shape index (κ1) is 16.7. The molecule has 24 heavy (non-hydrogen) atoms. The van der Waals surface area contributed by atoms with Gasteiger partial charge in [-0.1, -0.05) is 24.8 Å². The molecule has 1 aromatic carbocycles. The number of anilines is 1. The summed E-state index contributed by atoms with van der Waals surface area (Å²) in [6.45, 7) is 6.07. The summed E-state index contributed by atoms with van der Waals surface area (Å²) in [5, 5.41) is 6.87. The Kier molecular flexibility index (Phi) is 5.61. The van der Waals surface area contributed by atoms with Gasteiger partial charge in [0.1, 0.15) is 12.4 Å². The SMILES string of the molecule is C=CCOc1ccccc1C(=O)Nc1ncc(C2CCNCC2)s1. The van der Waals surface area contributed by atoms with Gasteiger partial charge < -0.3 is 10.1 Å². The Labute approximate surface area is 145 Å². The van der Waals surface area contributed by atoms with Gasteiger partial charge in [0, 0.05) is 11.1 Å². The average molecular weight is 343 g/mol. The molecule has 0 saturated carbocycles. The van der Waals surface area contributed by atoms with Crippen molar-refractivity contribution < 1.29 is 9.53 Å². The van der Waals surface area contributed by atoms with Gasteiger partial charge in [0.25, 0.3) is 5.91 Å². The van der Waals surface area contributed by atoms with Gasteiger partial charge >= 0.3 is 0 Å². The topological polar surface area (TPSA) is 63.2 Å². The Balaban J connectivity index is 1.69. The van der Waals surface area contributed by atoms with Gasteiger partial charge in [-0.05, 0) is 44.0 Å². The molecule has 0 spiro atoms. The largest absolute Gasteiger partial charge is 0.489 e. The van der Waals surface area contributed by atoms with Crippen LogP contribution in [-0.4, -0.2) is 30.6 Å². The molecule has 1 amide bonds. The number of nitrogens with one attached hydrogen (secondary N) is 2. The summed E-state index contributed by atoms with van der Waals surface area (Å²) >= 11 is 1.56. The number of amides is 1. The van der Waals surface area contributed by atoms with E-state index in [1.165, 1.54) is 4.88 Å². The molecule has 2 aromatic rings. The van der Waals surface area contributed by atoms with Crippen LogP contribution in [0, 0.1) is 0 Å². The first-order valence-corrected chi connectivity index (χ1v) is 8.90. The number of aromatic nitrogens is 1. The van der Waals surface area contributed by atoms with Gasteiger partial charge in [0.05, 0.1) is 5.56 Å². The lowest BCUT2D eigenvalue weighted by molar-refractivity contribution is 0.102. The van der Waals surface area contributed by atoms with Gasteiger partial charge in [0.15, 0.2) is 5.13 Å². The van der Waals surface area contributed by atoms with E-state index in [0.29, 0.717) is 29.0 Å². The number of para-hydroxylation sites is 1. The van der Waals surface area contributed by atoms with E-state index in [1.54, 1.807) is 29.5 Å². The number of carbonyl (C=O) groups is 1. The van der Waals surface area contributed by atoms with Gasteiger partial charge in [-0.25, -0.2) is 4.98 Å². The molecule has 6 heteroatoms. The fraction of sp³-hybridized carbons (Fsp3) is 0.333. The smallest absolute Gasteiger partial charge is 0.261 e. The summed E-state index contributed by atoms with van der Waals surface area (Å²) in [5.41, 5.74) is 0.498. The fourth-order valence-corrected chi connectivity index (χ4v) is 3.71. The summed E-state index contributed by atoms with van der Waals surface area (Å²) in [6, 6.07) is 7.18. The average Bonchev–Trinajstić information content (AvgIpc) is 3.09. The van der Waals surface area contributed by atoms with E-state index in [-0.39, 0.29) is 5.91 Å². The van der Waals surface area contributed by atoms with Crippen LogP contribution in [0.25, 0.3) is 0 Å². The van der Waals surface area contributed by atoms with E-state index >= 15 is 0 Å². The Bertz CT molecular complexity index is 708. The number of hydrogen-bond donors (Lipinski definition) is 2. The van der Waals surface area contributed by atoms with Crippen LogP contribution in [0.2, 0.25) is 0 Å². The second-order valence-corrected chi connectivity index (χ2v) is 6.70. The molecule has 0 atom stereocenters. The molecular formula is C18H21N3O2S. The van der Waals surface area contributed by atoms with E-state index in [0.717, 1.165) is 25.9 Å². The van der Waals surface area contributed by atoms with Crippen LogP contribution in [-0.2, 0) is 0 Å². The van der Waals surface area contributed by atoms with E-state index < -0.39 is 0 Å². The number of rotatable bonds is 6. The van der Waals surface area contributed by atoms with Crippen molar-refractivity contribution in [3.05, 3.63) is 53.6 Å². The molecule has 1 aromatic heterocycles. The van der Waals surface area contributed by atoms with Crippen molar-refractivity contribution in [2.75, 3.05) is 25.0 Å². The number of carbonyl (C=O) groups excluding carboxylic acids is 1. The van der Waals surface area contributed by atoms with Gasteiger partial charge in [-0.2, -0.15) is 0 Å². The molecule has 126 valence electrons. The molecule has 1 saturated heterocycles. The van der Waals surface area contributed by atoms with Crippen molar-refractivity contribution in [3.63, 3.8) is 0 Å². The summed E-state index contributed by atoms with van der Waals surface area (Å²) in [7, 11) is 0. The third kappa shape index (κ3) is 4.01. The maximum Gasteiger partial charge on any atom is 0.261 e. The predicted octanol–water partition coefficient (Wildman–Crippen LogP) is 3.43. The number of piperidine rings is 1. The van der Waals surface area contributed by atoms with Crippen molar-refractivity contribution in [2.24, 2.45) is 0 Å². The summed E-state index contributed by atoms with van der Waals surface area (Å²) in [6.07, 6.45) is 5.78. The zero-order valence-electron chi connectivity index (χ0n) is 13.5. The van der Waals surface area contributed by atoms with Crippen LogP contribution >= 0.6 is 11.3 Å². The van der Waals surface area contributed by atoms with E-state index in [1.807, 2.05) is 18.3 Å². The number of thiazole rings is 1. The first-order chi connectivity index (χ1) is 11.8. The van der Waals surface area contributed by atoms with Gasteiger partial charge in [-0.15, -0.1) is 11.3 Å². The minimum atomic E-state index is -0.208. The Hall–Kier alpha value is -2.18. The predicted molar refractivity (Wildman–Crippen MR) is 97.0 cm³/mol. The summed E-state index contributed by atoms with van der Waals surface area (Å²) in [5.74, 6) is 0.878. The van der Waals surface area contributed by atoms with Crippen molar-refractivity contribution in [1.82, 2.24) is 10.3 Å². The minimum Gasteiger partial charge on any atom is -0.489 e. The van der Waals surface area contributed by atoms with E-state index in [9.17, 15) is 4.79 Å². The lowest BCUT2D eigenvalue weighted by atomic mass is 9.97. The molecule has 3 rings (SSSR count). The first-order valence-electron chi connectivity index (χ1n) is 8.08. The number of nitrogens with zero attached hydrogens (tertiary/aromatic N) is 1. The monoisotopic (exact) mass is 343 g/mol. The van der Waals surface area contributed by atoms with Crippen LogP contribution < -0.4 is 15.4 Å². The van der Waals surface area contributed by atoms with Crippen molar-refractivity contribution in [1.29, 1.82) is 0 Å². The second-order valence-electron chi connectivity index (χ2n) is 5.64. The molecule has 1 aliphatic rings. The van der Waals surface area contributed by atoms with E-state index in [2.05, 4.69) is 22.2 Å². The highest BCUT2D eigenvalue weighted by atomic mass is 32.1. The maximum absolute atomic E-state index is 12.5. The highest BCUT2D eigenvalue weighted by Gasteiger charge is 2.19. The quantitative estimate of drug-likeness (QED) is 0.789. The third-order valence-electron chi connectivity index (χ3n) is 3.97. The zero-order valence-corrected chi connectivity index (χ0v) is 14.3. The van der Waals surface area contributed by atoms with Gasteiger partial charge in [0.2, 0.25) is 0 Å². The Morgan fingerprint density at radius 3 is 3.00 bits per heavy atom. The van der Waals surface area contributed by atoms with Crippen LogP contribution in [0.5, 0.6) is 5.75 Å². The highest BCUT2D eigenvalue weighted by Crippen LogP contribution is 2.32. The second kappa shape index (κ2) is 8.08. The molecule has 0 bridgehead atoms. The molecule has 2 N–H and O–H groups in total. The minimum absolute atomic E-state index is 0.208. The van der Waals surface area contributed by atoms with Crippen molar-refractivity contribution >= 4 is 22.4 Å². The Morgan fingerprint density at radius 1 is 1.42 bits per heavy atom. The van der Waals surface area contributed by atoms with Crippen LogP contribution in [0.1, 0.15) is 34.0 Å². The molecule has 0 unspecified atom stereocenters. The van der Waals surface area contributed by atoms with Crippen molar-refractivity contribution in [3.8, 4) is 5.75 Å².